The summed E-state index contributed by atoms with van der Waals surface area (Å²) < 4.78 is 14.0. The molecule has 0 amide bonds. The van der Waals surface area contributed by atoms with Gasteiger partial charge in [-0.2, -0.15) is 0 Å². The Labute approximate surface area is 116 Å². The Hall–Kier alpha value is -1.19. The number of nitrogens with one attached hydrogen (secondary N) is 1. The maximum atomic E-state index is 14.0. The number of halogens is 1. The zero-order chi connectivity index (χ0) is 14.3. The number of anilines is 1. The molecule has 0 saturated heterocycles. The average molecular weight is 267 g/mol. The lowest BCUT2D eigenvalue weighted by Crippen LogP contribution is -2.24. The number of hydrogen-bond acceptors (Lipinski definition) is 3. The van der Waals surface area contributed by atoms with E-state index in [4.69, 9.17) is 0 Å². The van der Waals surface area contributed by atoms with Crippen molar-refractivity contribution in [2.75, 3.05) is 11.9 Å². The zero-order valence-corrected chi connectivity index (χ0v) is 12.6. The predicted molar refractivity (Wildman–Crippen MR) is 77.8 cm³/mol. The van der Waals surface area contributed by atoms with Gasteiger partial charge >= 0.3 is 0 Å². The summed E-state index contributed by atoms with van der Waals surface area (Å²) in [5.41, 5.74) is 0.625. The minimum absolute atomic E-state index is 0.152. The lowest BCUT2D eigenvalue weighted by Gasteiger charge is -2.25. The lowest BCUT2D eigenvalue weighted by atomic mass is 9.87. The van der Waals surface area contributed by atoms with Gasteiger partial charge in [-0.3, -0.25) is 0 Å². The van der Waals surface area contributed by atoms with Gasteiger partial charge < -0.3 is 5.32 Å². The molecule has 1 rings (SSSR count). The number of aryl methyl sites for hydroxylation is 1. The van der Waals surface area contributed by atoms with Crippen molar-refractivity contribution in [1.29, 1.82) is 0 Å². The molecule has 0 bridgehead atoms. The number of hydrogen-bond donors (Lipinski definition) is 1. The maximum absolute atomic E-state index is 14.0. The molecule has 0 radical (unpaired) electrons. The molecule has 19 heavy (non-hydrogen) atoms. The van der Waals surface area contributed by atoms with E-state index in [0.29, 0.717) is 17.9 Å². The second-order valence-electron chi connectivity index (χ2n) is 5.81. The average Bonchev–Trinajstić information content (AvgIpc) is 2.38. The van der Waals surface area contributed by atoms with Gasteiger partial charge in [0, 0.05) is 6.54 Å². The minimum Gasteiger partial charge on any atom is -0.367 e. The monoisotopic (exact) mass is 267 g/mol. The first kappa shape index (κ1) is 15.9. The van der Waals surface area contributed by atoms with Crippen molar-refractivity contribution < 1.29 is 4.39 Å². The van der Waals surface area contributed by atoms with Gasteiger partial charge in [-0.1, -0.05) is 47.0 Å². The third-order valence-electron chi connectivity index (χ3n) is 3.39. The quantitative estimate of drug-likeness (QED) is 0.717. The summed E-state index contributed by atoms with van der Waals surface area (Å²) in [6.07, 6.45) is 6.85. The second-order valence-corrected chi connectivity index (χ2v) is 5.81. The van der Waals surface area contributed by atoms with Gasteiger partial charge in [0.2, 0.25) is 0 Å². The van der Waals surface area contributed by atoms with Crippen LogP contribution in [0.4, 0.5) is 10.2 Å². The van der Waals surface area contributed by atoms with E-state index >= 15 is 0 Å². The molecule has 0 aromatic carbocycles. The molecule has 0 saturated carbocycles. The fourth-order valence-electron chi connectivity index (χ4n) is 2.04. The molecule has 0 fully saturated rings. The highest BCUT2D eigenvalue weighted by molar-refractivity contribution is 5.37. The summed E-state index contributed by atoms with van der Waals surface area (Å²) in [4.78, 5) is 7.93. The highest BCUT2D eigenvalue weighted by Crippen LogP contribution is 2.24. The van der Waals surface area contributed by atoms with Crippen molar-refractivity contribution >= 4 is 5.82 Å². The Balaban J connectivity index is 2.56. The van der Waals surface area contributed by atoms with Gasteiger partial charge in [0.1, 0.15) is 6.33 Å². The SMILES string of the molecule is CCCCCC(C)(C)CNc1ncnc(CC)c1F. The Morgan fingerprint density at radius 2 is 1.95 bits per heavy atom. The molecule has 108 valence electrons. The van der Waals surface area contributed by atoms with Gasteiger partial charge in [0.15, 0.2) is 11.6 Å². The molecule has 0 aliphatic rings. The Morgan fingerprint density at radius 3 is 2.58 bits per heavy atom. The molecule has 0 aliphatic carbocycles. The topological polar surface area (TPSA) is 37.8 Å². The van der Waals surface area contributed by atoms with Crippen LogP contribution in [0, 0.1) is 11.2 Å². The molecule has 0 unspecified atom stereocenters. The van der Waals surface area contributed by atoms with Crippen molar-refractivity contribution in [1.82, 2.24) is 9.97 Å². The first-order valence-corrected chi connectivity index (χ1v) is 7.23. The Morgan fingerprint density at radius 1 is 1.21 bits per heavy atom. The summed E-state index contributed by atoms with van der Waals surface area (Å²) >= 11 is 0. The highest BCUT2D eigenvalue weighted by atomic mass is 19.1. The molecule has 0 spiro atoms. The van der Waals surface area contributed by atoms with E-state index in [1.54, 1.807) is 0 Å². The zero-order valence-electron chi connectivity index (χ0n) is 12.6. The molecule has 1 heterocycles. The maximum Gasteiger partial charge on any atom is 0.186 e. The van der Waals surface area contributed by atoms with E-state index in [2.05, 4.69) is 36.1 Å². The standard InChI is InChI=1S/C15H26FN3/c1-5-7-8-9-15(3,4)10-17-14-13(16)12(6-2)18-11-19-14/h11H,5-10H2,1-4H3,(H,17,18,19). The Bertz CT molecular complexity index is 391. The van der Waals surface area contributed by atoms with E-state index in [0.717, 1.165) is 13.0 Å². The van der Waals surface area contributed by atoms with Crippen LogP contribution in [0.3, 0.4) is 0 Å². The first-order chi connectivity index (χ1) is 9.00. The summed E-state index contributed by atoms with van der Waals surface area (Å²) in [5, 5.41) is 3.13. The minimum atomic E-state index is -0.311. The van der Waals surface area contributed by atoms with Crippen LogP contribution in [0.15, 0.2) is 6.33 Å². The molecular weight excluding hydrogens is 241 g/mol. The van der Waals surface area contributed by atoms with Crippen molar-refractivity contribution in [3.05, 3.63) is 17.8 Å². The number of rotatable bonds is 8. The van der Waals surface area contributed by atoms with E-state index in [1.165, 1.54) is 25.6 Å². The van der Waals surface area contributed by atoms with Gasteiger partial charge in [-0.25, -0.2) is 14.4 Å². The normalized spacial score (nSPS) is 11.6. The van der Waals surface area contributed by atoms with Crippen LogP contribution < -0.4 is 5.32 Å². The fourth-order valence-corrected chi connectivity index (χ4v) is 2.04. The van der Waals surface area contributed by atoms with E-state index in [9.17, 15) is 4.39 Å². The molecule has 0 atom stereocenters. The largest absolute Gasteiger partial charge is 0.367 e. The number of unbranched alkanes of at least 4 members (excludes halogenated alkanes) is 2. The summed E-state index contributed by atoms with van der Waals surface area (Å²) in [7, 11) is 0. The van der Waals surface area contributed by atoms with Crippen LogP contribution in [0.1, 0.15) is 59.1 Å². The summed E-state index contributed by atoms with van der Waals surface area (Å²) in [5.74, 6) is 0.0183. The highest BCUT2D eigenvalue weighted by Gasteiger charge is 2.18. The van der Waals surface area contributed by atoms with Crippen LogP contribution in [0.2, 0.25) is 0 Å². The van der Waals surface area contributed by atoms with Gasteiger partial charge in [0.25, 0.3) is 0 Å². The van der Waals surface area contributed by atoms with Crippen molar-refractivity contribution in [3.8, 4) is 0 Å². The molecule has 1 N–H and O–H groups in total. The molecule has 3 nitrogen and oxygen atoms in total. The molecule has 0 aliphatic heterocycles. The van der Waals surface area contributed by atoms with E-state index in [-0.39, 0.29) is 11.2 Å². The van der Waals surface area contributed by atoms with Gasteiger partial charge in [0.05, 0.1) is 5.69 Å². The van der Waals surface area contributed by atoms with Crippen molar-refractivity contribution in [3.63, 3.8) is 0 Å². The lowest BCUT2D eigenvalue weighted by molar-refractivity contribution is 0.341. The van der Waals surface area contributed by atoms with Crippen molar-refractivity contribution in [2.24, 2.45) is 5.41 Å². The Kier molecular flexibility index (Phi) is 6.19. The number of aromatic nitrogens is 2. The van der Waals surface area contributed by atoms with Gasteiger partial charge in [-0.05, 0) is 18.3 Å². The van der Waals surface area contributed by atoms with Crippen LogP contribution in [0.5, 0.6) is 0 Å². The third-order valence-corrected chi connectivity index (χ3v) is 3.39. The van der Waals surface area contributed by atoms with Crippen LogP contribution in [0.25, 0.3) is 0 Å². The first-order valence-electron chi connectivity index (χ1n) is 7.23. The summed E-state index contributed by atoms with van der Waals surface area (Å²) in [6.45, 7) is 9.23. The van der Waals surface area contributed by atoms with Crippen molar-refractivity contribution in [2.45, 2.75) is 59.8 Å². The predicted octanol–water partition coefficient (Wildman–Crippen LogP) is 4.20. The fraction of sp³-hybridized carbons (Fsp3) is 0.733. The third kappa shape index (κ3) is 5.13. The smallest absolute Gasteiger partial charge is 0.186 e. The van der Waals surface area contributed by atoms with Gasteiger partial charge in [-0.15, -0.1) is 0 Å². The van der Waals surface area contributed by atoms with E-state index in [1.807, 2.05) is 6.92 Å². The van der Waals surface area contributed by atoms with Crippen LogP contribution in [-0.4, -0.2) is 16.5 Å². The van der Waals surface area contributed by atoms with Crippen LogP contribution >= 0.6 is 0 Å². The number of nitrogens with zero attached hydrogens (tertiary/aromatic N) is 2. The summed E-state index contributed by atoms with van der Waals surface area (Å²) in [6, 6.07) is 0. The van der Waals surface area contributed by atoms with Crippen LogP contribution in [-0.2, 0) is 6.42 Å². The second kappa shape index (κ2) is 7.41. The van der Waals surface area contributed by atoms with E-state index < -0.39 is 0 Å². The molecule has 4 heteroatoms. The molecule has 1 aromatic rings. The molecule has 1 aromatic heterocycles. The molecular formula is C15H26FN3.